The summed E-state index contributed by atoms with van der Waals surface area (Å²) in [5.74, 6) is 5.96. The molecule has 4 N–H and O–H groups in total. The minimum atomic E-state index is -0.184. The first kappa shape index (κ1) is 73.5. The van der Waals surface area contributed by atoms with Crippen LogP contribution in [-0.2, 0) is 63.3 Å². The van der Waals surface area contributed by atoms with Crippen molar-refractivity contribution in [3.05, 3.63) is 149 Å². The van der Waals surface area contributed by atoms with Gasteiger partial charge >= 0.3 is 0 Å². The number of hydrogen-bond acceptors (Lipinski definition) is 6. The molecule has 0 fully saturated rings. The summed E-state index contributed by atoms with van der Waals surface area (Å²) >= 11 is 4.02. The van der Waals surface area contributed by atoms with Crippen LogP contribution in [0.5, 0.6) is 23.0 Å². The number of aromatic hydroxyl groups is 4. The molecule has 0 saturated heterocycles. The highest BCUT2D eigenvalue weighted by atomic mass is 32.2. The molecule has 0 saturated carbocycles. The molecule has 0 aliphatic heterocycles. The Bertz CT molecular complexity index is 2590. The third-order valence-electron chi connectivity index (χ3n) is 17.6. The zero-order valence-corrected chi connectivity index (χ0v) is 60.3. The highest BCUT2D eigenvalue weighted by Gasteiger charge is 2.33. The van der Waals surface area contributed by atoms with Gasteiger partial charge in [-0.15, -0.1) is 0 Å². The largest absolute Gasteiger partial charge is 0.508 e. The molecule has 4 nitrogen and oxygen atoms in total. The molecule has 0 bridgehead atoms. The first-order valence-electron chi connectivity index (χ1n) is 32.9. The summed E-state index contributed by atoms with van der Waals surface area (Å²) in [6.45, 7) is 54.1. The zero-order chi connectivity index (χ0) is 64.2. The molecule has 5 aromatic carbocycles. The van der Waals surface area contributed by atoms with Gasteiger partial charge in [0.25, 0.3) is 0 Å². The molecular formula is C79H122O4S2. The smallest absolute Gasteiger partial charge is 0.122 e. The van der Waals surface area contributed by atoms with Gasteiger partial charge in [-0.2, -0.15) is 23.5 Å². The van der Waals surface area contributed by atoms with E-state index in [9.17, 15) is 20.4 Å². The van der Waals surface area contributed by atoms with Crippen LogP contribution in [0.1, 0.15) is 316 Å². The van der Waals surface area contributed by atoms with Crippen molar-refractivity contribution in [2.75, 3.05) is 11.5 Å². The molecule has 0 radical (unpaired) electrons. The van der Waals surface area contributed by atoms with E-state index < -0.39 is 0 Å². The van der Waals surface area contributed by atoms with Gasteiger partial charge in [0.2, 0.25) is 0 Å². The van der Waals surface area contributed by atoms with Crippen LogP contribution in [-0.4, -0.2) is 31.9 Å². The molecule has 85 heavy (non-hydrogen) atoms. The van der Waals surface area contributed by atoms with Crippen molar-refractivity contribution < 1.29 is 20.4 Å². The molecule has 0 amide bonds. The molecule has 5 aromatic rings. The molecule has 0 spiro atoms. The molecule has 0 aliphatic rings. The molecule has 6 heteroatoms. The van der Waals surface area contributed by atoms with Crippen molar-refractivity contribution >= 4 is 23.5 Å². The van der Waals surface area contributed by atoms with Crippen molar-refractivity contribution in [1.29, 1.82) is 0 Å². The number of aryl methyl sites for hydroxylation is 1. The van der Waals surface area contributed by atoms with E-state index in [2.05, 4.69) is 171 Å². The van der Waals surface area contributed by atoms with Gasteiger partial charge in [-0.3, -0.25) is 0 Å². The van der Waals surface area contributed by atoms with Crippen molar-refractivity contribution in [3.8, 4) is 23.0 Å². The Morgan fingerprint density at radius 2 is 0.576 bits per heavy atom. The third-order valence-corrected chi connectivity index (χ3v) is 19.8. The Morgan fingerprint density at radius 3 is 0.847 bits per heavy atom. The maximum absolute atomic E-state index is 11.1. The second-order valence-corrected chi connectivity index (χ2v) is 33.7. The first-order chi connectivity index (χ1) is 39.2. The quantitative estimate of drug-likeness (QED) is 0.0461. The Morgan fingerprint density at radius 1 is 0.318 bits per heavy atom. The van der Waals surface area contributed by atoms with Gasteiger partial charge in [-0.25, -0.2) is 0 Å². The predicted molar refractivity (Wildman–Crippen MR) is 378 cm³/mol. The molecule has 474 valence electrons. The third kappa shape index (κ3) is 21.1. The average Bonchev–Trinajstić information content (AvgIpc) is 1.27. The fourth-order valence-electron chi connectivity index (χ4n) is 12.7. The van der Waals surface area contributed by atoms with Crippen LogP contribution in [0, 0.1) is 27.7 Å². The van der Waals surface area contributed by atoms with Crippen LogP contribution in [0.2, 0.25) is 0 Å². The number of hydrogen-bond donors (Lipinski definition) is 4. The van der Waals surface area contributed by atoms with E-state index in [-0.39, 0.29) is 32.5 Å². The highest BCUT2D eigenvalue weighted by molar-refractivity contribution is 7.98. The summed E-state index contributed by atoms with van der Waals surface area (Å²) in [6, 6.07) is 16.4. The van der Waals surface area contributed by atoms with Gasteiger partial charge in [-0.1, -0.05) is 215 Å². The molecule has 5 rings (SSSR count). The van der Waals surface area contributed by atoms with Crippen LogP contribution in [0.15, 0.2) is 48.5 Å². The summed E-state index contributed by atoms with van der Waals surface area (Å²) in [7, 11) is 0. The molecule has 0 aromatic heterocycles. The standard InChI is InChI=1S/C54H78O3.C25H44OS2/c1-31-37(28-40-43(49(4,5)6)22-34(55)23-44(40)50(7,8)9)32(2)39(30-42-47(53(16,17)18)26-36(57)27-48(42)54(19,20)21)33(3)38(31)29-41-45(51(10,11)12)24-35(56)25-46(41)52(13,14)15;1-4-6-8-10-12-14-16-27-20-23-18-22(3)25(26)24(19-23)21-28-17-15-13-11-9-7-5-2/h22-27,55-57H,28-30H2,1-21H3;18-19,26H,4-17,20-21H2,1-3H3. The molecule has 0 heterocycles. The lowest BCUT2D eigenvalue weighted by Gasteiger charge is -2.34. The maximum atomic E-state index is 11.1. The summed E-state index contributed by atoms with van der Waals surface area (Å²) in [4.78, 5) is 0. The highest BCUT2D eigenvalue weighted by Crippen LogP contribution is 2.45. The normalized spacial score (nSPS) is 12.7. The topological polar surface area (TPSA) is 80.9 Å². The van der Waals surface area contributed by atoms with E-state index in [0.717, 1.165) is 41.9 Å². The number of phenols is 4. The first-order valence-corrected chi connectivity index (χ1v) is 35.2. The Kier molecular flexibility index (Phi) is 26.8. The minimum absolute atomic E-state index is 0.184. The zero-order valence-electron chi connectivity index (χ0n) is 58.7. The van der Waals surface area contributed by atoms with Crippen LogP contribution in [0.25, 0.3) is 0 Å². The second-order valence-electron chi connectivity index (χ2n) is 31.5. The fourth-order valence-corrected chi connectivity index (χ4v) is 14.7. The van der Waals surface area contributed by atoms with Gasteiger partial charge < -0.3 is 20.4 Å². The van der Waals surface area contributed by atoms with Gasteiger partial charge in [0.1, 0.15) is 23.0 Å². The maximum Gasteiger partial charge on any atom is 0.122 e. The van der Waals surface area contributed by atoms with Crippen molar-refractivity contribution in [2.45, 2.75) is 306 Å². The lowest BCUT2D eigenvalue weighted by Crippen LogP contribution is -2.24. The summed E-state index contributed by atoms with van der Waals surface area (Å²) in [5.41, 5.74) is 21.4. The number of thioether (sulfide) groups is 2. The van der Waals surface area contributed by atoms with Crippen LogP contribution < -0.4 is 0 Å². The van der Waals surface area contributed by atoms with Crippen LogP contribution in [0.4, 0.5) is 0 Å². The van der Waals surface area contributed by atoms with E-state index >= 15 is 0 Å². The number of phenolic OH excluding ortho intramolecular Hbond substituents is 4. The SMILES string of the molecule is CCCCCCCCSCc1cc(C)c(O)c(CSCCCCCCCC)c1.Cc1c(Cc2c(C(C)(C)C)cc(O)cc2C(C)(C)C)c(C)c(Cc2c(C(C)(C)C)cc(O)cc2C(C)(C)C)c(C)c1Cc1c(C(C)(C)C)cc(O)cc1C(C)(C)C. The molecule has 0 atom stereocenters. The fraction of sp³-hybridized carbons (Fsp3) is 0.620. The van der Waals surface area contributed by atoms with Crippen LogP contribution in [0.3, 0.4) is 0 Å². The van der Waals surface area contributed by atoms with E-state index in [0.29, 0.717) is 23.0 Å². The van der Waals surface area contributed by atoms with Gasteiger partial charge in [0.15, 0.2) is 0 Å². The Labute approximate surface area is 530 Å². The number of unbranched alkanes of at least 4 members (excludes halogenated alkanes) is 10. The predicted octanol–water partition coefficient (Wildman–Crippen LogP) is 23.2. The second kappa shape index (κ2) is 31.0. The monoisotopic (exact) mass is 1200 g/mol. The van der Waals surface area contributed by atoms with Crippen molar-refractivity contribution in [3.63, 3.8) is 0 Å². The lowest BCUT2D eigenvalue weighted by molar-refractivity contribution is 0.464. The molecule has 0 aliphatic carbocycles. The van der Waals surface area contributed by atoms with E-state index in [1.807, 2.05) is 66.8 Å². The Hall–Kier alpha value is -4.00. The van der Waals surface area contributed by atoms with E-state index in [4.69, 9.17) is 0 Å². The van der Waals surface area contributed by atoms with E-state index in [1.54, 1.807) is 0 Å². The summed E-state index contributed by atoms with van der Waals surface area (Å²) in [6.07, 6.45) is 18.6. The van der Waals surface area contributed by atoms with Gasteiger partial charge in [0, 0.05) is 17.1 Å². The van der Waals surface area contributed by atoms with Crippen molar-refractivity contribution in [2.24, 2.45) is 0 Å². The van der Waals surface area contributed by atoms with Crippen molar-refractivity contribution in [1.82, 2.24) is 0 Å². The summed E-state index contributed by atoms with van der Waals surface area (Å²) < 4.78 is 0. The van der Waals surface area contributed by atoms with Gasteiger partial charge in [-0.05, 0) is 235 Å². The Balaban J connectivity index is 0.000000464. The van der Waals surface area contributed by atoms with Crippen LogP contribution >= 0.6 is 23.5 Å². The number of rotatable bonds is 24. The molecule has 0 unspecified atom stereocenters. The summed E-state index contributed by atoms with van der Waals surface area (Å²) in [5, 5.41) is 43.8. The lowest BCUT2D eigenvalue weighted by atomic mass is 9.71. The van der Waals surface area contributed by atoms with E-state index in [1.165, 1.54) is 178 Å². The number of benzene rings is 5. The van der Waals surface area contributed by atoms with Gasteiger partial charge in [0.05, 0.1) is 0 Å². The molecular weight excluding hydrogens is 1080 g/mol. The average molecular weight is 1200 g/mol. The minimum Gasteiger partial charge on any atom is -0.508 e.